The molecular weight excluding hydrogens is 429 g/mol. The van der Waals surface area contributed by atoms with Crippen molar-refractivity contribution in [3.63, 3.8) is 0 Å². The average molecular weight is 448 g/mol. The number of hydrogen-bond donors (Lipinski definition) is 0. The summed E-state index contributed by atoms with van der Waals surface area (Å²) in [5.41, 5.74) is 1.68. The largest absolute Gasteiger partial charge is 0.437 e. The summed E-state index contributed by atoms with van der Waals surface area (Å²) in [6.45, 7) is 0. The van der Waals surface area contributed by atoms with Gasteiger partial charge in [-0.15, -0.1) is 0 Å². The molecular formula is C27H19N3O2P. The van der Waals surface area contributed by atoms with E-state index in [9.17, 15) is 4.57 Å². The molecule has 0 fully saturated rings. The van der Waals surface area contributed by atoms with Gasteiger partial charge in [-0.05, 0) is 48.5 Å². The molecule has 0 atom stereocenters. The molecule has 1 aromatic heterocycles. The SMILES string of the molecule is O=P(Oc1ccc(-c2n[c]nc(-c3ccccc3)n2)cc1)(c1ccccc1)c1ccccc1. The first-order valence-electron chi connectivity index (χ1n) is 10.4. The van der Waals surface area contributed by atoms with Crippen molar-refractivity contribution >= 4 is 18.0 Å². The highest BCUT2D eigenvalue weighted by Gasteiger charge is 2.29. The predicted molar refractivity (Wildman–Crippen MR) is 130 cm³/mol. The molecule has 0 saturated heterocycles. The first-order valence-corrected chi connectivity index (χ1v) is 12.0. The highest BCUT2D eigenvalue weighted by molar-refractivity contribution is 7.74. The maximum Gasteiger partial charge on any atom is 0.306 e. The third-order valence-corrected chi connectivity index (χ3v) is 7.52. The Kier molecular flexibility index (Phi) is 5.79. The molecule has 0 spiro atoms. The second-order valence-corrected chi connectivity index (χ2v) is 9.61. The smallest absolute Gasteiger partial charge is 0.306 e. The van der Waals surface area contributed by atoms with E-state index in [4.69, 9.17) is 4.52 Å². The van der Waals surface area contributed by atoms with E-state index in [1.807, 2.05) is 103 Å². The minimum atomic E-state index is -3.33. The van der Waals surface area contributed by atoms with E-state index < -0.39 is 7.37 Å². The van der Waals surface area contributed by atoms with Gasteiger partial charge in [0.05, 0.1) is 10.6 Å². The third kappa shape index (κ3) is 4.45. The number of rotatable bonds is 6. The monoisotopic (exact) mass is 448 g/mol. The first kappa shape index (κ1) is 20.8. The molecule has 0 unspecified atom stereocenters. The maximum absolute atomic E-state index is 14.1. The Morgan fingerprint density at radius 2 is 1.03 bits per heavy atom. The molecule has 33 heavy (non-hydrogen) atoms. The molecule has 5 nitrogen and oxygen atoms in total. The van der Waals surface area contributed by atoms with Crippen molar-refractivity contribution in [2.45, 2.75) is 0 Å². The van der Waals surface area contributed by atoms with Crippen LogP contribution in [0.4, 0.5) is 0 Å². The van der Waals surface area contributed by atoms with Gasteiger partial charge in [0.25, 0.3) is 0 Å². The molecule has 4 aromatic carbocycles. The van der Waals surface area contributed by atoms with E-state index in [1.165, 1.54) is 0 Å². The van der Waals surface area contributed by atoms with Crippen LogP contribution in [0.2, 0.25) is 0 Å². The van der Waals surface area contributed by atoms with Crippen molar-refractivity contribution in [2.24, 2.45) is 0 Å². The third-order valence-electron chi connectivity index (χ3n) is 5.09. The Labute approximate surface area is 192 Å². The zero-order valence-electron chi connectivity index (χ0n) is 17.6. The van der Waals surface area contributed by atoms with Crippen LogP contribution in [0.1, 0.15) is 0 Å². The van der Waals surface area contributed by atoms with Gasteiger partial charge in [0.15, 0.2) is 11.6 Å². The molecule has 0 aliphatic heterocycles. The maximum atomic E-state index is 14.1. The second-order valence-electron chi connectivity index (χ2n) is 7.29. The van der Waals surface area contributed by atoms with Crippen LogP contribution in [0.5, 0.6) is 5.75 Å². The molecule has 0 aliphatic carbocycles. The molecule has 0 bridgehead atoms. The molecule has 6 heteroatoms. The van der Waals surface area contributed by atoms with Gasteiger partial charge in [-0.25, -0.2) is 15.0 Å². The Bertz CT molecular complexity index is 1350. The van der Waals surface area contributed by atoms with Crippen LogP contribution in [0.3, 0.4) is 0 Å². The summed E-state index contributed by atoms with van der Waals surface area (Å²) in [6, 6.07) is 35.5. The van der Waals surface area contributed by atoms with Crippen LogP contribution in [0, 0.1) is 6.33 Å². The summed E-state index contributed by atoms with van der Waals surface area (Å²) < 4.78 is 20.2. The van der Waals surface area contributed by atoms with Gasteiger partial charge in [0.2, 0.25) is 6.33 Å². The quantitative estimate of drug-likeness (QED) is 0.329. The van der Waals surface area contributed by atoms with E-state index in [1.54, 1.807) is 12.1 Å². The summed E-state index contributed by atoms with van der Waals surface area (Å²) in [7, 11) is -3.33. The van der Waals surface area contributed by atoms with E-state index in [-0.39, 0.29) is 0 Å². The van der Waals surface area contributed by atoms with Crippen molar-refractivity contribution in [2.75, 3.05) is 0 Å². The van der Waals surface area contributed by atoms with Crippen LogP contribution >= 0.6 is 7.37 Å². The molecule has 5 aromatic rings. The van der Waals surface area contributed by atoms with Crippen LogP contribution in [0.15, 0.2) is 115 Å². The lowest BCUT2D eigenvalue weighted by Gasteiger charge is -2.20. The molecule has 0 amide bonds. The standard InChI is InChI=1S/C27H19N3O2P/c31-33(24-12-6-2-7-13-24,25-14-8-3-9-15-25)32-23-18-16-22(17-19-23)27-29-20-28-26(30-27)21-10-4-1-5-11-21/h1-19H. The average Bonchev–Trinajstić information content (AvgIpc) is 2.91. The zero-order chi connectivity index (χ0) is 22.5. The Morgan fingerprint density at radius 3 is 1.55 bits per heavy atom. The van der Waals surface area contributed by atoms with Gasteiger partial charge in [-0.2, -0.15) is 0 Å². The minimum Gasteiger partial charge on any atom is -0.437 e. The molecule has 0 N–H and O–H groups in total. The number of aromatic nitrogens is 3. The van der Waals surface area contributed by atoms with Crippen LogP contribution < -0.4 is 15.1 Å². The number of benzene rings is 4. The van der Waals surface area contributed by atoms with Crippen LogP contribution in [0.25, 0.3) is 22.8 Å². The first-order chi connectivity index (χ1) is 16.2. The Hall–Kier alpha value is -4.08. The predicted octanol–water partition coefficient (Wildman–Crippen LogP) is 5.31. The van der Waals surface area contributed by atoms with Gasteiger partial charge in [-0.3, -0.25) is 4.57 Å². The summed E-state index contributed by atoms with van der Waals surface area (Å²) in [4.78, 5) is 12.9. The van der Waals surface area contributed by atoms with Gasteiger partial charge in [0, 0.05) is 11.1 Å². The van der Waals surface area contributed by atoms with Crippen molar-refractivity contribution in [1.82, 2.24) is 15.0 Å². The highest BCUT2D eigenvalue weighted by Crippen LogP contribution is 2.45. The molecule has 1 radical (unpaired) electrons. The lowest BCUT2D eigenvalue weighted by atomic mass is 10.2. The number of nitrogens with zero attached hydrogens (tertiary/aromatic N) is 3. The fourth-order valence-electron chi connectivity index (χ4n) is 3.43. The van der Waals surface area contributed by atoms with E-state index >= 15 is 0 Å². The molecule has 0 saturated carbocycles. The van der Waals surface area contributed by atoms with Gasteiger partial charge in [0.1, 0.15) is 5.75 Å². The minimum absolute atomic E-state index is 0.496. The van der Waals surface area contributed by atoms with Crippen molar-refractivity contribution in [3.8, 4) is 28.5 Å². The van der Waals surface area contributed by atoms with Crippen LogP contribution in [-0.4, -0.2) is 15.0 Å². The summed E-state index contributed by atoms with van der Waals surface area (Å²) in [6.07, 6.45) is 2.68. The lowest BCUT2D eigenvalue weighted by molar-refractivity contribution is 0.503. The normalized spacial score (nSPS) is 11.2. The van der Waals surface area contributed by atoms with Crippen LogP contribution in [-0.2, 0) is 4.57 Å². The van der Waals surface area contributed by atoms with Crippen molar-refractivity contribution < 1.29 is 9.09 Å². The van der Waals surface area contributed by atoms with E-state index in [0.717, 1.165) is 11.1 Å². The Morgan fingerprint density at radius 1 is 0.576 bits per heavy atom. The summed E-state index contributed by atoms with van der Waals surface area (Å²) in [5, 5.41) is 1.28. The van der Waals surface area contributed by atoms with Gasteiger partial charge in [-0.1, -0.05) is 66.7 Å². The molecule has 159 valence electrons. The molecule has 5 rings (SSSR count). The lowest BCUT2D eigenvalue weighted by Crippen LogP contribution is -2.20. The summed E-state index contributed by atoms with van der Waals surface area (Å²) >= 11 is 0. The highest BCUT2D eigenvalue weighted by atomic mass is 31.2. The second kappa shape index (κ2) is 9.19. The molecule has 0 aliphatic rings. The van der Waals surface area contributed by atoms with E-state index in [2.05, 4.69) is 21.3 Å². The Balaban J connectivity index is 1.45. The zero-order valence-corrected chi connectivity index (χ0v) is 18.5. The number of hydrogen-bond acceptors (Lipinski definition) is 5. The van der Waals surface area contributed by atoms with E-state index in [0.29, 0.717) is 28.0 Å². The fraction of sp³-hybridized carbons (Fsp3) is 0. The topological polar surface area (TPSA) is 65.0 Å². The summed E-state index contributed by atoms with van der Waals surface area (Å²) in [5.74, 6) is 1.55. The fourth-order valence-corrected chi connectivity index (χ4v) is 5.49. The van der Waals surface area contributed by atoms with Gasteiger partial charge < -0.3 is 4.52 Å². The van der Waals surface area contributed by atoms with Crippen molar-refractivity contribution in [3.05, 3.63) is 122 Å². The molecule has 1 heterocycles. The van der Waals surface area contributed by atoms with Crippen molar-refractivity contribution in [1.29, 1.82) is 0 Å². The van der Waals surface area contributed by atoms with Gasteiger partial charge >= 0.3 is 7.37 Å².